The van der Waals surface area contributed by atoms with Crippen molar-refractivity contribution >= 4 is 5.91 Å². The summed E-state index contributed by atoms with van der Waals surface area (Å²) in [6, 6.07) is 14.3. The SMILES string of the molecule is CC1(C)OC[C@@H](CN(Cc2ccc3c(c2)OCO3)C(=O)[C@@H]2CCc3ccccc3C2)O1. The molecule has 1 amide bonds. The zero-order valence-electron chi connectivity index (χ0n) is 18.1. The van der Waals surface area contributed by atoms with Crippen molar-refractivity contribution in [3.8, 4) is 11.5 Å². The van der Waals surface area contributed by atoms with Crippen molar-refractivity contribution in [1.82, 2.24) is 4.90 Å². The van der Waals surface area contributed by atoms with Crippen LogP contribution in [0.15, 0.2) is 42.5 Å². The Bertz CT molecular complexity index is 972. The summed E-state index contributed by atoms with van der Waals surface area (Å²) in [5.41, 5.74) is 3.67. The van der Waals surface area contributed by atoms with Gasteiger partial charge < -0.3 is 23.8 Å². The molecule has 31 heavy (non-hydrogen) atoms. The third-order valence-electron chi connectivity index (χ3n) is 6.31. The van der Waals surface area contributed by atoms with Crippen LogP contribution in [0, 0.1) is 5.92 Å². The van der Waals surface area contributed by atoms with E-state index in [1.54, 1.807) is 0 Å². The Morgan fingerprint density at radius 1 is 1.10 bits per heavy atom. The van der Waals surface area contributed by atoms with Crippen LogP contribution < -0.4 is 9.47 Å². The Kier molecular flexibility index (Phi) is 5.36. The van der Waals surface area contributed by atoms with Gasteiger partial charge in [-0.2, -0.15) is 0 Å². The highest BCUT2D eigenvalue weighted by Crippen LogP contribution is 2.34. The van der Waals surface area contributed by atoms with Crippen LogP contribution in [-0.4, -0.2) is 42.6 Å². The maximum Gasteiger partial charge on any atom is 0.231 e. The molecular formula is C25H29NO5. The van der Waals surface area contributed by atoms with E-state index in [0.717, 1.165) is 36.3 Å². The lowest BCUT2D eigenvalue weighted by Crippen LogP contribution is -2.43. The van der Waals surface area contributed by atoms with Crippen LogP contribution in [0.3, 0.4) is 0 Å². The largest absolute Gasteiger partial charge is 0.454 e. The Morgan fingerprint density at radius 2 is 1.90 bits per heavy atom. The zero-order chi connectivity index (χ0) is 21.4. The molecule has 2 atom stereocenters. The lowest BCUT2D eigenvalue weighted by molar-refractivity contribution is -0.149. The molecule has 1 fully saturated rings. The molecule has 2 aromatic rings. The number of carbonyl (C=O) groups is 1. The molecule has 6 heteroatoms. The van der Waals surface area contributed by atoms with Crippen LogP contribution in [0.1, 0.15) is 37.0 Å². The highest BCUT2D eigenvalue weighted by molar-refractivity contribution is 5.79. The number of fused-ring (bicyclic) bond motifs is 2. The second-order valence-corrected chi connectivity index (χ2v) is 9.07. The number of nitrogens with zero attached hydrogens (tertiary/aromatic N) is 1. The van der Waals surface area contributed by atoms with Gasteiger partial charge in [0, 0.05) is 19.0 Å². The summed E-state index contributed by atoms with van der Waals surface area (Å²) in [6.45, 7) is 5.57. The molecule has 2 heterocycles. The van der Waals surface area contributed by atoms with Gasteiger partial charge >= 0.3 is 0 Å². The Labute approximate surface area is 183 Å². The van der Waals surface area contributed by atoms with Gasteiger partial charge in [0.2, 0.25) is 12.7 Å². The first kappa shape index (κ1) is 20.3. The molecule has 0 spiro atoms. The molecule has 2 aliphatic heterocycles. The summed E-state index contributed by atoms with van der Waals surface area (Å²) in [6.07, 6.45) is 2.48. The van der Waals surface area contributed by atoms with E-state index in [4.69, 9.17) is 18.9 Å². The van der Waals surface area contributed by atoms with Gasteiger partial charge in [-0.25, -0.2) is 0 Å². The van der Waals surface area contributed by atoms with Crippen LogP contribution in [0.2, 0.25) is 0 Å². The molecule has 0 saturated carbocycles. The highest BCUT2D eigenvalue weighted by atomic mass is 16.7. The Morgan fingerprint density at radius 3 is 2.71 bits per heavy atom. The van der Waals surface area contributed by atoms with Gasteiger partial charge in [0.1, 0.15) is 6.10 Å². The van der Waals surface area contributed by atoms with Crippen molar-refractivity contribution in [2.75, 3.05) is 19.9 Å². The molecule has 164 valence electrons. The standard InChI is InChI=1S/C25H29NO5/c1-25(2)30-15-21(31-25)14-26(13-17-7-10-22-23(11-17)29-16-28-22)24(27)20-9-8-18-5-3-4-6-19(18)12-20/h3-7,10-11,20-21H,8-9,12-16H2,1-2H3/t20-,21-/m1/s1. The molecule has 2 aromatic carbocycles. The average molecular weight is 424 g/mol. The summed E-state index contributed by atoms with van der Waals surface area (Å²) in [7, 11) is 0. The Balaban J connectivity index is 1.35. The number of ether oxygens (including phenoxy) is 4. The molecule has 6 nitrogen and oxygen atoms in total. The van der Waals surface area contributed by atoms with E-state index in [0.29, 0.717) is 19.7 Å². The quantitative estimate of drug-likeness (QED) is 0.734. The second-order valence-electron chi connectivity index (χ2n) is 9.07. The third-order valence-corrected chi connectivity index (χ3v) is 6.31. The van der Waals surface area contributed by atoms with Gasteiger partial charge in [-0.15, -0.1) is 0 Å². The van der Waals surface area contributed by atoms with Crippen molar-refractivity contribution in [3.63, 3.8) is 0 Å². The first-order valence-electron chi connectivity index (χ1n) is 11.0. The first-order chi connectivity index (χ1) is 15.0. The maximum atomic E-state index is 13.7. The molecule has 0 bridgehead atoms. The molecule has 0 N–H and O–H groups in total. The van der Waals surface area contributed by atoms with E-state index < -0.39 is 5.79 Å². The van der Waals surface area contributed by atoms with Crippen LogP contribution in [0.25, 0.3) is 0 Å². The van der Waals surface area contributed by atoms with Crippen LogP contribution >= 0.6 is 0 Å². The summed E-state index contributed by atoms with van der Waals surface area (Å²) >= 11 is 0. The normalized spacial score (nSPS) is 23.4. The molecule has 0 radical (unpaired) electrons. The molecular weight excluding hydrogens is 394 g/mol. The lowest BCUT2D eigenvalue weighted by Gasteiger charge is -2.32. The monoisotopic (exact) mass is 423 g/mol. The van der Waals surface area contributed by atoms with Crippen molar-refractivity contribution < 1.29 is 23.7 Å². The number of hydrogen-bond acceptors (Lipinski definition) is 5. The topological polar surface area (TPSA) is 57.2 Å². The Hall–Kier alpha value is -2.57. The molecule has 0 aromatic heterocycles. The van der Waals surface area contributed by atoms with Gasteiger partial charge in [-0.05, 0) is 61.9 Å². The average Bonchev–Trinajstić information content (AvgIpc) is 3.37. The van der Waals surface area contributed by atoms with Crippen LogP contribution in [0.4, 0.5) is 0 Å². The maximum absolute atomic E-state index is 13.7. The first-order valence-corrected chi connectivity index (χ1v) is 11.0. The summed E-state index contributed by atoms with van der Waals surface area (Å²) in [5, 5.41) is 0. The number of rotatable bonds is 5. The third kappa shape index (κ3) is 4.41. The molecule has 1 saturated heterocycles. The zero-order valence-corrected chi connectivity index (χ0v) is 18.1. The molecule has 1 aliphatic carbocycles. The molecule has 0 unspecified atom stereocenters. The highest BCUT2D eigenvalue weighted by Gasteiger charge is 2.36. The number of amides is 1. The fourth-order valence-electron chi connectivity index (χ4n) is 4.76. The van der Waals surface area contributed by atoms with E-state index in [2.05, 4.69) is 24.3 Å². The van der Waals surface area contributed by atoms with Gasteiger partial charge in [-0.3, -0.25) is 4.79 Å². The number of benzene rings is 2. The predicted molar refractivity (Wildman–Crippen MR) is 115 cm³/mol. The van der Waals surface area contributed by atoms with Crippen molar-refractivity contribution in [2.24, 2.45) is 5.92 Å². The minimum atomic E-state index is -0.609. The van der Waals surface area contributed by atoms with E-state index >= 15 is 0 Å². The second kappa shape index (κ2) is 8.17. The van der Waals surface area contributed by atoms with Crippen LogP contribution in [-0.2, 0) is 33.7 Å². The lowest BCUT2D eigenvalue weighted by atomic mass is 9.83. The number of carbonyl (C=O) groups excluding carboxylic acids is 1. The van der Waals surface area contributed by atoms with Crippen molar-refractivity contribution in [1.29, 1.82) is 0 Å². The van der Waals surface area contributed by atoms with Gasteiger partial charge in [-0.1, -0.05) is 30.3 Å². The van der Waals surface area contributed by atoms with E-state index in [1.807, 2.05) is 36.9 Å². The van der Waals surface area contributed by atoms with Gasteiger partial charge in [0.15, 0.2) is 17.3 Å². The molecule has 3 aliphatic rings. The fourth-order valence-corrected chi connectivity index (χ4v) is 4.76. The van der Waals surface area contributed by atoms with E-state index in [1.165, 1.54) is 11.1 Å². The summed E-state index contributed by atoms with van der Waals surface area (Å²) < 4.78 is 22.7. The number of aryl methyl sites for hydroxylation is 1. The summed E-state index contributed by atoms with van der Waals surface area (Å²) in [5.74, 6) is 1.04. The minimum absolute atomic E-state index is 0.0146. The minimum Gasteiger partial charge on any atom is -0.454 e. The number of hydrogen-bond donors (Lipinski definition) is 0. The van der Waals surface area contributed by atoms with Crippen molar-refractivity contribution in [2.45, 2.75) is 51.5 Å². The predicted octanol–water partition coefficient (Wildman–Crippen LogP) is 3.70. The van der Waals surface area contributed by atoms with Gasteiger partial charge in [0.25, 0.3) is 0 Å². The van der Waals surface area contributed by atoms with Crippen molar-refractivity contribution in [3.05, 3.63) is 59.2 Å². The fraction of sp³-hybridized carbons (Fsp3) is 0.480. The smallest absolute Gasteiger partial charge is 0.231 e. The molecule has 5 rings (SSSR count). The van der Waals surface area contributed by atoms with E-state index in [-0.39, 0.29) is 24.7 Å². The summed E-state index contributed by atoms with van der Waals surface area (Å²) in [4.78, 5) is 15.6. The van der Waals surface area contributed by atoms with Crippen LogP contribution in [0.5, 0.6) is 11.5 Å². The van der Waals surface area contributed by atoms with E-state index in [9.17, 15) is 4.79 Å². The van der Waals surface area contributed by atoms with Gasteiger partial charge in [0.05, 0.1) is 6.61 Å².